The summed E-state index contributed by atoms with van der Waals surface area (Å²) in [6.45, 7) is 7.77. The van der Waals surface area contributed by atoms with Gasteiger partial charge in [0, 0.05) is 5.56 Å². The lowest BCUT2D eigenvalue weighted by atomic mass is 9.68. The lowest BCUT2D eigenvalue weighted by Crippen LogP contribution is -2.28. The van der Waals surface area contributed by atoms with Gasteiger partial charge in [-0.05, 0) is 98.3 Å². The molecule has 0 amide bonds. The van der Waals surface area contributed by atoms with E-state index in [-0.39, 0.29) is 23.1 Å². The van der Waals surface area contributed by atoms with Gasteiger partial charge >= 0.3 is 0 Å². The molecule has 1 N–H and O–H groups in total. The molecule has 0 saturated heterocycles. The van der Waals surface area contributed by atoms with E-state index in [0.29, 0.717) is 5.92 Å². The molecule has 0 radical (unpaired) electrons. The Morgan fingerprint density at radius 3 is 2.08 bits per heavy atom. The van der Waals surface area contributed by atoms with E-state index in [1.807, 2.05) is 6.92 Å². The van der Waals surface area contributed by atoms with Gasteiger partial charge in [-0.3, -0.25) is 0 Å². The van der Waals surface area contributed by atoms with Crippen LogP contribution in [0.3, 0.4) is 0 Å². The molecule has 1 nitrogen and oxygen atoms in total. The van der Waals surface area contributed by atoms with E-state index in [1.165, 1.54) is 75.6 Å². The standard InChI is InChI=1S/C18H33F.C15H11F3O/c1-3-5-14-6-8-15(9-7-14)16-10-12-17(13-11-16)18(19)4-2;1-2-3-9-4-6-11(15(18)14(9)17)10-5-7-13(19)12(16)8-10/h14-18H,3-13H2,1-2H3;2,4-8,19H,1,3H2. The van der Waals surface area contributed by atoms with Gasteiger partial charge < -0.3 is 5.11 Å². The second-order valence-corrected chi connectivity index (χ2v) is 11.2. The van der Waals surface area contributed by atoms with Crippen LogP contribution in [0.25, 0.3) is 11.1 Å². The van der Waals surface area contributed by atoms with Crippen LogP contribution in [0.15, 0.2) is 43.0 Å². The highest BCUT2D eigenvalue weighted by Crippen LogP contribution is 2.43. The van der Waals surface area contributed by atoms with Crippen LogP contribution < -0.4 is 0 Å². The fourth-order valence-corrected chi connectivity index (χ4v) is 6.47. The van der Waals surface area contributed by atoms with Crippen molar-refractivity contribution >= 4 is 0 Å². The number of benzene rings is 2. The number of hydrogen-bond acceptors (Lipinski definition) is 1. The summed E-state index contributed by atoms with van der Waals surface area (Å²) in [5.74, 6) is -0.0992. The van der Waals surface area contributed by atoms with Crippen LogP contribution in [0.4, 0.5) is 17.6 Å². The minimum absolute atomic E-state index is 0.0517. The monoisotopic (exact) mass is 532 g/mol. The van der Waals surface area contributed by atoms with Crippen molar-refractivity contribution < 1.29 is 22.7 Å². The molecule has 2 aromatic carbocycles. The van der Waals surface area contributed by atoms with Crippen molar-refractivity contribution in [3.8, 4) is 16.9 Å². The van der Waals surface area contributed by atoms with Crippen molar-refractivity contribution in [2.45, 2.75) is 97.1 Å². The van der Waals surface area contributed by atoms with E-state index in [9.17, 15) is 17.6 Å². The van der Waals surface area contributed by atoms with E-state index in [0.717, 1.165) is 49.1 Å². The molecule has 0 aromatic heterocycles. The molecule has 2 aliphatic rings. The highest BCUT2D eigenvalue weighted by Gasteiger charge is 2.32. The summed E-state index contributed by atoms with van der Waals surface area (Å²) in [5.41, 5.74) is 0.302. The first-order valence-electron chi connectivity index (χ1n) is 14.5. The Kier molecular flexibility index (Phi) is 11.7. The molecule has 2 fully saturated rings. The molecular formula is C33H44F4O. The minimum Gasteiger partial charge on any atom is -0.505 e. The third kappa shape index (κ3) is 7.86. The predicted octanol–water partition coefficient (Wildman–Crippen LogP) is 10.4. The summed E-state index contributed by atoms with van der Waals surface area (Å²) in [7, 11) is 0. The topological polar surface area (TPSA) is 20.2 Å². The van der Waals surface area contributed by atoms with Crippen LogP contribution in [0.2, 0.25) is 0 Å². The summed E-state index contributed by atoms with van der Waals surface area (Å²) in [5, 5.41) is 9.07. The normalized spacial score (nSPS) is 24.3. The summed E-state index contributed by atoms with van der Waals surface area (Å²) in [6.07, 6.45) is 15.5. The first kappa shape index (κ1) is 30.2. The van der Waals surface area contributed by atoms with Gasteiger partial charge in [0.25, 0.3) is 0 Å². The molecule has 38 heavy (non-hydrogen) atoms. The Balaban J connectivity index is 0.000000211. The molecule has 0 heterocycles. The van der Waals surface area contributed by atoms with Gasteiger partial charge in [-0.1, -0.05) is 63.8 Å². The largest absolute Gasteiger partial charge is 0.505 e. The second-order valence-electron chi connectivity index (χ2n) is 11.2. The van der Waals surface area contributed by atoms with E-state index in [4.69, 9.17) is 5.11 Å². The number of halogens is 4. The zero-order chi connectivity index (χ0) is 27.7. The van der Waals surface area contributed by atoms with Gasteiger partial charge in [0.15, 0.2) is 23.2 Å². The first-order chi connectivity index (χ1) is 18.3. The zero-order valence-corrected chi connectivity index (χ0v) is 23.0. The molecule has 5 heteroatoms. The van der Waals surface area contributed by atoms with Crippen LogP contribution in [0.1, 0.15) is 90.0 Å². The number of alkyl halides is 1. The van der Waals surface area contributed by atoms with E-state index >= 15 is 0 Å². The van der Waals surface area contributed by atoms with Crippen LogP contribution in [0, 0.1) is 41.1 Å². The lowest BCUT2D eigenvalue weighted by Gasteiger charge is -2.38. The third-order valence-electron chi connectivity index (χ3n) is 8.76. The highest BCUT2D eigenvalue weighted by atomic mass is 19.2. The number of allylic oxidation sites excluding steroid dienone is 1. The zero-order valence-electron chi connectivity index (χ0n) is 23.0. The summed E-state index contributed by atoms with van der Waals surface area (Å²) >= 11 is 0. The Morgan fingerprint density at radius 2 is 1.53 bits per heavy atom. The van der Waals surface area contributed by atoms with Crippen molar-refractivity contribution in [2.75, 3.05) is 0 Å². The number of phenolic OH excluding ortho intramolecular Hbond substituents is 1. The van der Waals surface area contributed by atoms with Gasteiger partial charge in [0.2, 0.25) is 0 Å². The van der Waals surface area contributed by atoms with Gasteiger partial charge in [-0.2, -0.15) is 0 Å². The molecule has 210 valence electrons. The first-order valence-corrected chi connectivity index (χ1v) is 14.5. The molecule has 1 unspecified atom stereocenters. The Labute approximate surface area is 226 Å². The molecule has 2 aromatic rings. The van der Waals surface area contributed by atoms with E-state index < -0.39 is 29.4 Å². The second kappa shape index (κ2) is 14.7. The minimum atomic E-state index is -1.04. The number of aromatic hydroxyl groups is 1. The fraction of sp³-hybridized carbons (Fsp3) is 0.576. The molecule has 4 rings (SSSR count). The van der Waals surface area contributed by atoms with Gasteiger partial charge in [0.05, 0.1) is 0 Å². The van der Waals surface area contributed by atoms with Crippen LogP contribution in [-0.2, 0) is 6.42 Å². The molecule has 0 spiro atoms. The summed E-state index contributed by atoms with van der Waals surface area (Å²) < 4.78 is 54.6. The smallest absolute Gasteiger partial charge is 0.166 e. The number of rotatable bonds is 8. The van der Waals surface area contributed by atoms with Crippen molar-refractivity contribution in [2.24, 2.45) is 23.7 Å². The van der Waals surface area contributed by atoms with E-state index in [2.05, 4.69) is 13.5 Å². The van der Waals surface area contributed by atoms with Crippen LogP contribution >= 0.6 is 0 Å². The average molecular weight is 533 g/mol. The summed E-state index contributed by atoms with van der Waals surface area (Å²) in [4.78, 5) is 0. The van der Waals surface area contributed by atoms with Crippen molar-refractivity contribution in [3.63, 3.8) is 0 Å². The Bertz CT molecular complexity index is 1020. The lowest BCUT2D eigenvalue weighted by molar-refractivity contribution is 0.105. The molecular weight excluding hydrogens is 488 g/mol. The molecule has 2 saturated carbocycles. The average Bonchev–Trinajstić information content (AvgIpc) is 2.94. The van der Waals surface area contributed by atoms with E-state index in [1.54, 1.807) is 0 Å². The maximum Gasteiger partial charge on any atom is 0.166 e. The summed E-state index contributed by atoms with van der Waals surface area (Å²) in [6, 6.07) is 6.19. The predicted molar refractivity (Wildman–Crippen MR) is 148 cm³/mol. The van der Waals surface area contributed by atoms with Crippen molar-refractivity contribution in [3.05, 3.63) is 66.0 Å². The van der Waals surface area contributed by atoms with Gasteiger partial charge in [-0.25, -0.2) is 17.6 Å². The third-order valence-corrected chi connectivity index (χ3v) is 8.76. The maximum atomic E-state index is 13.9. The van der Waals surface area contributed by atoms with Gasteiger partial charge in [-0.15, -0.1) is 6.58 Å². The quantitative estimate of drug-likeness (QED) is 0.265. The molecule has 1 atom stereocenters. The Morgan fingerprint density at radius 1 is 0.895 bits per heavy atom. The SMILES string of the molecule is C=CCc1ccc(-c2ccc(O)c(F)c2)c(F)c1F.CCCC1CCC(C2CCC(C(F)CC)CC2)CC1. The molecule has 0 aliphatic heterocycles. The number of phenols is 1. The van der Waals surface area contributed by atoms with Gasteiger partial charge in [0.1, 0.15) is 6.17 Å². The maximum absolute atomic E-state index is 13.9. The fourth-order valence-electron chi connectivity index (χ4n) is 6.47. The Hall–Kier alpha value is -2.30. The van der Waals surface area contributed by atoms with Crippen LogP contribution in [0.5, 0.6) is 5.75 Å². The highest BCUT2D eigenvalue weighted by molar-refractivity contribution is 5.65. The molecule has 0 bridgehead atoms. The van der Waals surface area contributed by atoms with Crippen molar-refractivity contribution in [1.82, 2.24) is 0 Å². The number of hydrogen-bond donors (Lipinski definition) is 1. The molecule has 2 aliphatic carbocycles. The van der Waals surface area contributed by atoms with Crippen molar-refractivity contribution in [1.29, 1.82) is 0 Å². The van der Waals surface area contributed by atoms with Crippen LogP contribution in [-0.4, -0.2) is 11.3 Å².